The van der Waals surface area contributed by atoms with Crippen LogP contribution in [0.4, 0.5) is 10.1 Å². The van der Waals surface area contributed by atoms with Crippen LogP contribution in [0.5, 0.6) is 0 Å². The molecule has 0 N–H and O–H groups in total. The van der Waals surface area contributed by atoms with Gasteiger partial charge in [0.1, 0.15) is 17.4 Å². The Kier molecular flexibility index (Phi) is 5.78. The van der Waals surface area contributed by atoms with E-state index in [9.17, 15) is 14.0 Å². The summed E-state index contributed by atoms with van der Waals surface area (Å²) in [5.41, 5.74) is 1.48. The molecule has 1 unspecified atom stereocenters. The fourth-order valence-corrected chi connectivity index (χ4v) is 3.90. The van der Waals surface area contributed by atoms with E-state index in [0.29, 0.717) is 24.1 Å². The van der Waals surface area contributed by atoms with E-state index in [4.69, 9.17) is 9.15 Å². The average molecular weight is 424 g/mol. The van der Waals surface area contributed by atoms with Crippen molar-refractivity contribution in [3.05, 3.63) is 65.7 Å². The van der Waals surface area contributed by atoms with Crippen molar-refractivity contribution in [2.75, 3.05) is 18.5 Å². The number of ether oxygens (including phenoxy) is 1. The maximum atomic E-state index is 14.2. The zero-order valence-corrected chi connectivity index (χ0v) is 17.8. The predicted octanol–water partition coefficient (Wildman–Crippen LogP) is 4.37. The van der Waals surface area contributed by atoms with Crippen LogP contribution in [0.1, 0.15) is 36.4 Å². The number of carbonyl (C=O) groups is 2. The first-order chi connectivity index (χ1) is 14.9. The molecular weight excluding hydrogens is 399 g/mol. The molecule has 6 nitrogen and oxygen atoms in total. The van der Waals surface area contributed by atoms with E-state index in [1.54, 1.807) is 31.3 Å². The summed E-state index contributed by atoms with van der Waals surface area (Å²) < 4.78 is 25.8. The lowest BCUT2D eigenvalue weighted by Gasteiger charge is -2.24. The van der Waals surface area contributed by atoms with E-state index in [-0.39, 0.29) is 30.1 Å². The van der Waals surface area contributed by atoms with Crippen molar-refractivity contribution < 1.29 is 23.1 Å². The van der Waals surface area contributed by atoms with Gasteiger partial charge < -0.3 is 19.0 Å². The minimum absolute atomic E-state index is 0.0138. The molecule has 162 valence electrons. The molecule has 31 heavy (non-hydrogen) atoms. The smallest absolute Gasteiger partial charge is 0.290 e. The third kappa shape index (κ3) is 3.93. The molecule has 1 aliphatic heterocycles. The highest BCUT2D eigenvalue weighted by Crippen LogP contribution is 2.30. The van der Waals surface area contributed by atoms with Crippen LogP contribution >= 0.6 is 0 Å². The van der Waals surface area contributed by atoms with Gasteiger partial charge in [-0.3, -0.25) is 9.59 Å². The third-order valence-corrected chi connectivity index (χ3v) is 5.56. The van der Waals surface area contributed by atoms with Gasteiger partial charge in [-0.1, -0.05) is 30.3 Å². The lowest BCUT2D eigenvalue weighted by molar-refractivity contribution is -0.120. The highest BCUT2D eigenvalue weighted by atomic mass is 19.1. The fourth-order valence-electron chi connectivity index (χ4n) is 3.90. The van der Waals surface area contributed by atoms with Gasteiger partial charge in [-0.05, 0) is 38.5 Å². The van der Waals surface area contributed by atoms with Crippen molar-refractivity contribution in [1.82, 2.24) is 4.90 Å². The summed E-state index contributed by atoms with van der Waals surface area (Å²) in [4.78, 5) is 29.2. The average Bonchev–Trinajstić information content (AvgIpc) is 3.32. The van der Waals surface area contributed by atoms with Crippen molar-refractivity contribution in [1.29, 1.82) is 0 Å². The zero-order chi connectivity index (χ0) is 22.1. The van der Waals surface area contributed by atoms with Gasteiger partial charge >= 0.3 is 0 Å². The molecule has 1 saturated heterocycles. The van der Waals surface area contributed by atoms with Gasteiger partial charge in [-0.25, -0.2) is 4.39 Å². The molecule has 0 bridgehead atoms. The van der Waals surface area contributed by atoms with E-state index < -0.39 is 17.8 Å². The number of para-hydroxylation sites is 2. The number of hydrogen-bond acceptors (Lipinski definition) is 4. The summed E-state index contributed by atoms with van der Waals surface area (Å²) in [5, 5.41) is 0.811. The third-order valence-electron chi connectivity index (χ3n) is 5.56. The topological polar surface area (TPSA) is 63.0 Å². The van der Waals surface area contributed by atoms with E-state index in [1.165, 1.54) is 15.9 Å². The fraction of sp³-hybridized carbons (Fsp3) is 0.333. The lowest BCUT2D eigenvalue weighted by atomic mass is 10.1. The number of benzene rings is 2. The highest BCUT2D eigenvalue weighted by molar-refractivity contribution is 6.05. The van der Waals surface area contributed by atoms with Crippen molar-refractivity contribution in [3.8, 4) is 0 Å². The van der Waals surface area contributed by atoms with Crippen LogP contribution in [0.15, 0.2) is 52.9 Å². The minimum Gasteiger partial charge on any atom is -0.451 e. The van der Waals surface area contributed by atoms with Crippen LogP contribution in [-0.2, 0) is 16.1 Å². The van der Waals surface area contributed by atoms with Crippen LogP contribution in [0.2, 0.25) is 0 Å². The van der Waals surface area contributed by atoms with Gasteiger partial charge in [-0.15, -0.1) is 0 Å². The Morgan fingerprint density at radius 3 is 2.68 bits per heavy atom. The lowest BCUT2D eigenvalue weighted by Crippen LogP contribution is -2.43. The standard InChI is InChI=1S/C24H25FN2O4/c1-15(2)30-14-17-16-8-4-7-11-21(16)31-22(17)24(29)26(3)20-12-13-27(23(20)28)19-10-6-5-9-18(19)25/h4-11,15,20H,12-14H2,1-3H3. The molecule has 0 aliphatic carbocycles. The second-order valence-electron chi connectivity index (χ2n) is 7.93. The molecule has 4 rings (SSSR count). The Morgan fingerprint density at radius 1 is 1.23 bits per heavy atom. The number of halogens is 1. The van der Waals surface area contributed by atoms with Crippen molar-refractivity contribution in [2.45, 2.75) is 39.0 Å². The Bertz CT molecular complexity index is 1120. The molecule has 2 amide bonds. The van der Waals surface area contributed by atoms with Gasteiger partial charge in [0.05, 0.1) is 18.4 Å². The molecule has 7 heteroatoms. The molecule has 1 fully saturated rings. The maximum absolute atomic E-state index is 14.2. The summed E-state index contributed by atoms with van der Waals surface area (Å²) in [7, 11) is 1.58. The van der Waals surface area contributed by atoms with Gasteiger partial charge in [0.2, 0.25) is 5.91 Å². The molecule has 0 radical (unpaired) electrons. The molecule has 2 heterocycles. The molecule has 0 saturated carbocycles. The van der Waals surface area contributed by atoms with Gasteiger partial charge in [-0.2, -0.15) is 0 Å². The summed E-state index contributed by atoms with van der Waals surface area (Å²) in [6, 6.07) is 12.8. The zero-order valence-electron chi connectivity index (χ0n) is 17.8. The molecule has 1 atom stereocenters. The number of amides is 2. The second kappa shape index (κ2) is 8.51. The summed E-state index contributed by atoms with van der Waals surface area (Å²) in [5.74, 6) is -0.998. The largest absolute Gasteiger partial charge is 0.451 e. The van der Waals surface area contributed by atoms with E-state index in [1.807, 2.05) is 32.0 Å². The molecular formula is C24H25FN2O4. The number of furan rings is 1. The minimum atomic E-state index is -0.695. The Balaban J connectivity index is 1.61. The van der Waals surface area contributed by atoms with Crippen LogP contribution < -0.4 is 4.90 Å². The summed E-state index contributed by atoms with van der Waals surface area (Å²) in [6.45, 7) is 4.41. The molecule has 1 aromatic heterocycles. The van der Waals surface area contributed by atoms with Crippen molar-refractivity contribution in [3.63, 3.8) is 0 Å². The SMILES string of the molecule is CC(C)OCc1c(C(=O)N(C)C2CCN(c3ccccc3F)C2=O)oc2ccccc12. The molecule has 3 aromatic rings. The maximum Gasteiger partial charge on any atom is 0.290 e. The first-order valence-corrected chi connectivity index (χ1v) is 10.3. The predicted molar refractivity (Wildman–Crippen MR) is 115 cm³/mol. The van der Waals surface area contributed by atoms with Crippen LogP contribution in [-0.4, -0.2) is 42.5 Å². The highest BCUT2D eigenvalue weighted by Gasteiger charge is 2.39. The normalized spacial score (nSPS) is 16.5. The van der Waals surface area contributed by atoms with E-state index >= 15 is 0 Å². The molecule has 1 aliphatic rings. The van der Waals surface area contributed by atoms with Gasteiger partial charge in [0.25, 0.3) is 5.91 Å². The summed E-state index contributed by atoms with van der Waals surface area (Å²) in [6.07, 6.45) is 0.396. The number of fused-ring (bicyclic) bond motifs is 1. The van der Waals surface area contributed by atoms with Crippen molar-refractivity contribution >= 4 is 28.5 Å². The first-order valence-electron chi connectivity index (χ1n) is 10.3. The Morgan fingerprint density at radius 2 is 1.94 bits per heavy atom. The molecule has 2 aromatic carbocycles. The number of carbonyl (C=O) groups excluding carboxylic acids is 2. The molecule has 0 spiro atoms. The number of anilines is 1. The summed E-state index contributed by atoms with van der Waals surface area (Å²) >= 11 is 0. The van der Waals surface area contributed by atoms with Crippen LogP contribution in [0.25, 0.3) is 11.0 Å². The Labute approximate surface area is 180 Å². The van der Waals surface area contributed by atoms with Crippen molar-refractivity contribution in [2.24, 2.45) is 0 Å². The number of rotatable bonds is 6. The quantitative estimate of drug-likeness (QED) is 0.589. The van der Waals surface area contributed by atoms with Gasteiger partial charge in [0.15, 0.2) is 5.76 Å². The van der Waals surface area contributed by atoms with E-state index in [2.05, 4.69) is 0 Å². The number of likely N-dealkylation sites (N-methyl/N-ethyl adjacent to an activating group) is 1. The number of nitrogens with zero attached hydrogens (tertiary/aromatic N) is 2. The monoisotopic (exact) mass is 424 g/mol. The number of hydrogen-bond donors (Lipinski definition) is 0. The first kappa shape index (κ1) is 21.1. The van der Waals surface area contributed by atoms with Crippen LogP contribution in [0.3, 0.4) is 0 Å². The Hall–Kier alpha value is -3.19. The second-order valence-corrected chi connectivity index (χ2v) is 7.93. The van der Waals surface area contributed by atoms with Crippen LogP contribution in [0, 0.1) is 5.82 Å². The van der Waals surface area contributed by atoms with E-state index in [0.717, 1.165) is 5.39 Å². The van der Waals surface area contributed by atoms with Gasteiger partial charge in [0, 0.05) is 24.5 Å².